The molecule has 132 valence electrons. The number of hydrogen-bond acceptors (Lipinski definition) is 3. The van der Waals surface area contributed by atoms with Gasteiger partial charge in [-0.2, -0.15) is 4.31 Å². The summed E-state index contributed by atoms with van der Waals surface area (Å²) in [5, 5.41) is 2.79. The van der Waals surface area contributed by atoms with E-state index in [0.29, 0.717) is 24.3 Å². The zero-order chi connectivity index (χ0) is 18.0. The van der Waals surface area contributed by atoms with Gasteiger partial charge in [-0.15, -0.1) is 0 Å². The molecule has 2 aromatic carbocycles. The number of anilines is 1. The Hall–Kier alpha value is -1.70. The molecule has 0 bridgehead atoms. The van der Waals surface area contributed by atoms with Gasteiger partial charge in [-0.1, -0.05) is 15.9 Å². The van der Waals surface area contributed by atoms with Crippen LogP contribution in [0.3, 0.4) is 0 Å². The lowest BCUT2D eigenvalue weighted by Gasteiger charge is -2.15. The van der Waals surface area contributed by atoms with E-state index in [-0.39, 0.29) is 10.8 Å². The first-order valence-electron chi connectivity index (χ1n) is 8.05. The van der Waals surface area contributed by atoms with Crippen molar-refractivity contribution in [3.8, 4) is 0 Å². The molecule has 1 N–H and O–H groups in total. The summed E-state index contributed by atoms with van der Waals surface area (Å²) in [7, 11) is -3.43. The monoisotopic (exact) mass is 422 g/mol. The molecular formula is C18H19BrN2O3S. The number of sulfonamides is 1. The summed E-state index contributed by atoms with van der Waals surface area (Å²) in [5.41, 5.74) is 2.08. The molecule has 25 heavy (non-hydrogen) atoms. The maximum absolute atomic E-state index is 12.5. The van der Waals surface area contributed by atoms with Gasteiger partial charge in [0.25, 0.3) is 5.91 Å². The molecule has 1 aliphatic rings. The topological polar surface area (TPSA) is 66.5 Å². The predicted octanol–water partition coefficient (Wildman–Crippen LogP) is 3.79. The second-order valence-electron chi connectivity index (χ2n) is 6.05. The Bertz CT molecular complexity index is 889. The van der Waals surface area contributed by atoms with Gasteiger partial charge < -0.3 is 5.32 Å². The van der Waals surface area contributed by atoms with E-state index in [4.69, 9.17) is 0 Å². The third-order valence-corrected chi connectivity index (χ3v) is 7.04. The van der Waals surface area contributed by atoms with Crippen LogP contribution in [0.2, 0.25) is 0 Å². The number of halogens is 1. The number of benzene rings is 2. The van der Waals surface area contributed by atoms with Gasteiger partial charge >= 0.3 is 0 Å². The van der Waals surface area contributed by atoms with Gasteiger partial charge in [0.15, 0.2) is 0 Å². The Balaban J connectivity index is 1.74. The smallest absolute Gasteiger partial charge is 0.255 e. The molecule has 0 spiro atoms. The van der Waals surface area contributed by atoms with Crippen LogP contribution in [0.15, 0.2) is 51.8 Å². The molecule has 0 saturated carbocycles. The summed E-state index contributed by atoms with van der Waals surface area (Å²) in [6, 6.07) is 11.7. The second-order valence-corrected chi connectivity index (χ2v) is 8.85. The molecule has 3 rings (SSSR count). The quantitative estimate of drug-likeness (QED) is 0.814. The van der Waals surface area contributed by atoms with Crippen molar-refractivity contribution in [2.45, 2.75) is 24.7 Å². The van der Waals surface area contributed by atoms with Crippen molar-refractivity contribution in [2.75, 3.05) is 18.4 Å². The first-order valence-corrected chi connectivity index (χ1v) is 10.3. The molecule has 2 aromatic rings. The minimum absolute atomic E-state index is 0.231. The van der Waals surface area contributed by atoms with E-state index in [0.717, 1.165) is 22.9 Å². The van der Waals surface area contributed by atoms with Gasteiger partial charge in [-0.3, -0.25) is 4.79 Å². The Morgan fingerprint density at radius 3 is 2.32 bits per heavy atom. The number of aryl methyl sites for hydroxylation is 1. The molecule has 0 unspecified atom stereocenters. The van der Waals surface area contributed by atoms with Crippen LogP contribution in [0.4, 0.5) is 5.69 Å². The van der Waals surface area contributed by atoms with Crippen molar-refractivity contribution in [1.29, 1.82) is 0 Å². The van der Waals surface area contributed by atoms with Crippen LogP contribution in [-0.2, 0) is 10.0 Å². The highest BCUT2D eigenvalue weighted by Crippen LogP contribution is 2.23. The van der Waals surface area contributed by atoms with E-state index >= 15 is 0 Å². The summed E-state index contributed by atoms with van der Waals surface area (Å²) >= 11 is 3.41. The van der Waals surface area contributed by atoms with E-state index in [2.05, 4.69) is 21.2 Å². The Kier molecular flexibility index (Phi) is 5.27. The fraction of sp³-hybridized carbons (Fsp3) is 0.278. The van der Waals surface area contributed by atoms with Gasteiger partial charge in [0, 0.05) is 28.8 Å². The summed E-state index contributed by atoms with van der Waals surface area (Å²) < 4.78 is 27.4. The lowest BCUT2D eigenvalue weighted by molar-refractivity contribution is 0.102. The normalized spacial score (nSPS) is 15.3. The maximum Gasteiger partial charge on any atom is 0.255 e. The minimum atomic E-state index is -3.43. The van der Waals surface area contributed by atoms with Crippen LogP contribution < -0.4 is 5.32 Å². The first kappa shape index (κ1) is 18.1. The highest BCUT2D eigenvalue weighted by molar-refractivity contribution is 9.10. The highest BCUT2D eigenvalue weighted by atomic mass is 79.9. The van der Waals surface area contributed by atoms with Crippen LogP contribution in [0, 0.1) is 6.92 Å². The van der Waals surface area contributed by atoms with Gasteiger partial charge in [0.05, 0.1) is 4.90 Å². The summed E-state index contributed by atoms with van der Waals surface area (Å²) in [6.45, 7) is 3.06. The SMILES string of the molecule is Cc1cc(C(=O)Nc2ccc(S(=O)(=O)N3CCCC3)cc2)ccc1Br. The van der Waals surface area contributed by atoms with E-state index < -0.39 is 10.0 Å². The van der Waals surface area contributed by atoms with Gasteiger partial charge in [-0.25, -0.2) is 8.42 Å². The molecule has 1 fully saturated rings. The van der Waals surface area contributed by atoms with E-state index in [1.807, 2.05) is 13.0 Å². The van der Waals surface area contributed by atoms with Crippen molar-refractivity contribution >= 4 is 37.5 Å². The van der Waals surface area contributed by atoms with Crippen LogP contribution in [-0.4, -0.2) is 31.7 Å². The van der Waals surface area contributed by atoms with Crippen molar-refractivity contribution in [2.24, 2.45) is 0 Å². The molecule has 1 heterocycles. The average Bonchev–Trinajstić information content (AvgIpc) is 3.13. The molecule has 7 heteroatoms. The Morgan fingerprint density at radius 1 is 1.08 bits per heavy atom. The van der Waals surface area contributed by atoms with Crippen LogP contribution in [0.5, 0.6) is 0 Å². The number of carbonyl (C=O) groups is 1. The molecule has 1 saturated heterocycles. The van der Waals surface area contributed by atoms with Crippen LogP contribution in [0.1, 0.15) is 28.8 Å². The van der Waals surface area contributed by atoms with Gasteiger partial charge in [0.1, 0.15) is 0 Å². The van der Waals surface area contributed by atoms with E-state index in [1.165, 1.54) is 16.4 Å². The number of hydrogen-bond donors (Lipinski definition) is 1. The van der Waals surface area contributed by atoms with E-state index in [9.17, 15) is 13.2 Å². The van der Waals surface area contributed by atoms with Gasteiger partial charge in [0.2, 0.25) is 10.0 Å². The Labute approximate surface area is 156 Å². The third kappa shape index (κ3) is 3.94. The maximum atomic E-state index is 12.5. The number of nitrogens with one attached hydrogen (secondary N) is 1. The number of amides is 1. The lowest BCUT2D eigenvalue weighted by atomic mass is 10.1. The molecule has 0 aromatic heterocycles. The number of nitrogens with zero attached hydrogens (tertiary/aromatic N) is 1. The van der Waals surface area contributed by atoms with Crippen LogP contribution in [0.25, 0.3) is 0 Å². The zero-order valence-corrected chi connectivity index (χ0v) is 16.2. The standard InChI is InChI=1S/C18H19BrN2O3S/c1-13-12-14(4-9-17(13)19)18(22)20-15-5-7-16(8-6-15)25(23,24)21-10-2-3-11-21/h4-9,12H,2-3,10-11H2,1H3,(H,20,22). The average molecular weight is 423 g/mol. The van der Waals surface area contributed by atoms with Crippen LogP contribution >= 0.6 is 15.9 Å². The van der Waals surface area contributed by atoms with E-state index in [1.54, 1.807) is 24.3 Å². The number of rotatable bonds is 4. The summed E-state index contributed by atoms with van der Waals surface area (Å²) in [5.74, 6) is -0.231. The third-order valence-electron chi connectivity index (χ3n) is 4.24. The van der Waals surface area contributed by atoms with Crippen molar-refractivity contribution < 1.29 is 13.2 Å². The first-order chi connectivity index (χ1) is 11.9. The second kappa shape index (κ2) is 7.27. The Morgan fingerprint density at radius 2 is 1.72 bits per heavy atom. The summed E-state index contributed by atoms with van der Waals surface area (Å²) in [4.78, 5) is 12.6. The molecular weight excluding hydrogens is 404 g/mol. The molecule has 5 nitrogen and oxygen atoms in total. The fourth-order valence-corrected chi connectivity index (χ4v) is 4.54. The largest absolute Gasteiger partial charge is 0.322 e. The predicted molar refractivity (Wildman–Crippen MR) is 101 cm³/mol. The molecule has 0 aliphatic carbocycles. The van der Waals surface area contributed by atoms with Crippen molar-refractivity contribution in [3.63, 3.8) is 0 Å². The van der Waals surface area contributed by atoms with Crippen molar-refractivity contribution in [1.82, 2.24) is 4.31 Å². The lowest BCUT2D eigenvalue weighted by Crippen LogP contribution is -2.27. The molecule has 0 radical (unpaired) electrons. The minimum Gasteiger partial charge on any atom is -0.322 e. The van der Waals surface area contributed by atoms with Gasteiger partial charge in [-0.05, 0) is 67.8 Å². The number of carbonyl (C=O) groups excluding carboxylic acids is 1. The molecule has 0 atom stereocenters. The fourth-order valence-electron chi connectivity index (χ4n) is 2.78. The molecule has 1 aliphatic heterocycles. The molecule has 1 amide bonds. The summed E-state index contributed by atoms with van der Waals surface area (Å²) in [6.07, 6.45) is 1.81. The highest BCUT2D eigenvalue weighted by Gasteiger charge is 2.26. The van der Waals surface area contributed by atoms with Crippen molar-refractivity contribution in [3.05, 3.63) is 58.1 Å². The zero-order valence-electron chi connectivity index (χ0n) is 13.8.